The monoisotopic (exact) mass is 225 g/mol. The molecule has 0 saturated carbocycles. The van der Waals surface area contributed by atoms with Crippen molar-refractivity contribution >= 4 is 5.97 Å². The van der Waals surface area contributed by atoms with Gasteiger partial charge in [0.1, 0.15) is 0 Å². The van der Waals surface area contributed by atoms with E-state index < -0.39 is 6.04 Å². The minimum atomic E-state index is -0.508. The Kier molecular flexibility index (Phi) is 4.13. The molecule has 1 aromatic carbocycles. The molecule has 0 aliphatic carbocycles. The first kappa shape index (κ1) is 12.3. The number of hydrogen-bond donors (Lipinski definition) is 3. The molecule has 5 heteroatoms. The molecular formula is C11H15NO4. The van der Waals surface area contributed by atoms with E-state index in [0.717, 1.165) is 0 Å². The van der Waals surface area contributed by atoms with Crippen molar-refractivity contribution in [2.24, 2.45) is 5.73 Å². The molecule has 88 valence electrons. The summed E-state index contributed by atoms with van der Waals surface area (Å²) in [6.45, 7) is 0. The van der Waals surface area contributed by atoms with E-state index in [4.69, 9.17) is 5.73 Å². The summed E-state index contributed by atoms with van der Waals surface area (Å²) in [6.07, 6.45) is 0.524. The molecule has 0 saturated heterocycles. The predicted octanol–water partition coefficient (Wildman–Crippen LogP) is 1.05. The molecule has 1 unspecified atom stereocenters. The molecule has 0 fully saturated rings. The van der Waals surface area contributed by atoms with E-state index in [1.165, 1.54) is 13.2 Å². The van der Waals surface area contributed by atoms with E-state index in [9.17, 15) is 15.0 Å². The highest BCUT2D eigenvalue weighted by Crippen LogP contribution is 2.33. The van der Waals surface area contributed by atoms with E-state index in [1.54, 1.807) is 12.1 Å². The van der Waals surface area contributed by atoms with Crippen LogP contribution in [0.1, 0.15) is 24.4 Å². The average molecular weight is 225 g/mol. The predicted molar refractivity (Wildman–Crippen MR) is 58.0 cm³/mol. The molecule has 0 bridgehead atoms. The molecule has 0 amide bonds. The summed E-state index contributed by atoms with van der Waals surface area (Å²) in [5, 5.41) is 18.8. The Bertz CT molecular complexity index is 378. The van der Waals surface area contributed by atoms with Crippen molar-refractivity contribution in [3.63, 3.8) is 0 Å². The number of para-hydroxylation sites is 1. The molecule has 5 nitrogen and oxygen atoms in total. The highest BCUT2D eigenvalue weighted by atomic mass is 16.5. The third-order valence-electron chi connectivity index (χ3n) is 2.33. The Balaban J connectivity index is 2.69. The first-order valence-corrected chi connectivity index (χ1v) is 4.89. The van der Waals surface area contributed by atoms with Crippen LogP contribution < -0.4 is 5.73 Å². The van der Waals surface area contributed by atoms with Gasteiger partial charge >= 0.3 is 5.97 Å². The van der Waals surface area contributed by atoms with Gasteiger partial charge in [-0.15, -0.1) is 0 Å². The number of ether oxygens (including phenoxy) is 1. The van der Waals surface area contributed by atoms with Gasteiger partial charge in [-0.3, -0.25) is 4.79 Å². The molecule has 0 aliphatic rings. The smallest absolute Gasteiger partial charge is 0.305 e. The van der Waals surface area contributed by atoms with Crippen molar-refractivity contribution in [3.8, 4) is 11.5 Å². The molecular weight excluding hydrogens is 210 g/mol. The van der Waals surface area contributed by atoms with Crippen molar-refractivity contribution in [2.45, 2.75) is 18.9 Å². The Labute approximate surface area is 93.5 Å². The lowest BCUT2D eigenvalue weighted by Crippen LogP contribution is -2.13. The topological polar surface area (TPSA) is 92.8 Å². The minimum Gasteiger partial charge on any atom is -0.504 e. The van der Waals surface area contributed by atoms with Crippen LogP contribution in [0.3, 0.4) is 0 Å². The van der Waals surface area contributed by atoms with Gasteiger partial charge < -0.3 is 20.7 Å². The van der Waals surface area contributed by atoms with Crippen molar-refractivity contribution < 1.29 is 19.7 Å². The fourth-order valence-corrected chi connectivity index (χ4v) is 1.38. The minimum absolute atomic E-state index is 0.173. The van der Waals surface area contributed by atoms with Gasteiger partial charge in [-0.1, -0.05) is 12.1 Å². The molecule has 0 aromatic heterocycles. The zero-order valence-electron chi connectivity index (χ0n) is 9.01. The summed E-state index contributed by atoms with van der Waals surface area (Å²) in [7, 11) is 1.31. The van der Waals surface area contributed by atoms with Gasteiger partial charge in [-0.25, -0.2) is 0 Å². The number of carbonyl (C=O) groups is 1. The fourth-order valence-electron chi connectivity index (χ4n) is 1.38. The lowest BCUT2D eigenvalue weighted by molar-refractivity contribution is -0.140. The lowest BCUT2D eigenvalue weighted by Gasteiger charge is -2.13. The molecule has 0 spiro atoms. The summed E-state index contributed by atoms with van der Waals surface area (Å²) < 4.78 is 4.48. The van der Waals surface area contributed by atoms with Crippen LogP contribution in [0.2, 0.25) is 0 Å². The van der Waals surface area contributed by atoms with Crippen molar-refractivity contribution in [1.82, 2.24) is 0 Å². The standard InChI is InChI=1S/C11H15NO4/c1-16-10(14)6-5-8(12)7-3-2-4-9(13)11(7)15/h2-4,8,13,15H,5-6,12H2,1H3. The van der Waals surface area contributed by atoms with Gasteiger partial charge in [-0.2, -0.15) is 0 Å². The molecule has 0 radical (unpaired) electrons. The summed E-state index contributed by atoms with van der Waals surface area (Å²) >= 11 is 0. The van der Waals surface area contributed by atoms with Crippen LogP contribution in [-0.2, 0) is 9.53 Å². The highest BCUT2D eigenvalue weighted by Gasteiger charge is 2.14. The van der Waals surface area contributed by atoms with E-state index in [0.29, 0.717) is 12.0 Å². The number of rotatable bonds is 4. The average Bonchev–Trinajstić information content (AvgIpc) is 2.29. The maximum atomic E-state index is 10.9. The third-order valence-corrected chi connectivity index (χ3v) is 2.33. The number of carbonyl (C=O) groups excluding carboxylic acids is 1. The third kappa shape index (κ3) is 2.87. The SMILES string of the molecule is COC(=O)CCC(N)c1cccc(O)c1O. The number of phenols is 2. The highest BCUT2D eigenvalue weighted by molar-refractivity contribution is 5.69. The zero-order chi connectivity index (χ0) is 12.1. The van der Waals surface area contributed by atoms with Crippen LogP contribution in [0.5, 0.6) is 11.5 Å². The first-order valence-electron chi connectivity index (χ1n) is 4.89. The molecule has 0 heterocycles. The maximum absolute atomic E-state index is 10.9. The second-order valence-electron chi connectivity index (χ2n) is 3.44. The number of phenolic OH excluding ortho intramolecular Hbond substituents is 2. The molecule has 1 rings (SSSR count). The van der Waals surface area contributed by atoms with Gasteiger partial charge in [0.05, 0.1) is 7.11 Å². The maximum Gasteiger partial charge on any atom is 0.305 e. The van der Waals surface area contributed by atoms with Crippen LogP contribution in [0.25, 0.3) is 0 Å². The van der Waals surface area contributed by atoms with Crippen molar-refractivity contribution in [1.29, 1.82) is 0 Å². The Morgan fingerprint density at radius 1 is 1.50 bits per heavy atom. The van der Waals surface area contributed by atoms with Crippen LogP contribution in [0.15, 0.2) is 18.2 Å². The number of esters is 1. The number of methoxy groups -OCH3 is 1. The Morgan fingerprint density at radius 3 is 2.81 bits per heavy atom. The Hall–Kier alpha value is -1.75. The van der Waals surface area contributed by atoms with Gasteiger partial charge in [-0.05, 0) is 12.5 Å². The molecule has 0 aliphatic heterocycles. The second kappa shape index (κ2) is 5.37. The van der Waals surface area contributed by atoms with Gasteiger partial charge in [0.15, 0.2) is 11.5 Å². The van der Waals surface area contributed by atoms with Gasteiger partial charge in [0, 0.05) is 18.0 Å². The van der Waals surface area contributed by atoms with E-state index in [-0.39, 0.29) is 23.9 Å². The summed E-state index contributed by atoms with van der Waals surface area (Å²) in [6, 6.07) is 4.05. The Morgan fingerprint density at radius 2 is 2.19 bits per heavy atom. The van der Waals surface area contributed by atoms with E-state index in [1.807, 2.05) is 0 Å². The van der Waals surface area contributed by atoms with Gasteiger partial charge in [0.2, 0.25) is 0 Å². The summed E-state index contributed by atoms with van der Waals surface area (Å²) in [4.78, 5) is 10.9. The van der Waals surface area contributed by atoms with Crippen LogP contribution in [0, 0.1) is 0 Å². The van der Waals surface area contributed by atoms with E-state index >= 15 is 0 Å². The molecule has 16 heavy (non-hydrogen) atoms. The quantitative estimate of drug-likeness (QED) is 0.526. The van der Waals surface area contributed by atoms with Crippen molar-refractivity contribution in [2.75, 3.05) is 7.11 Å². The normalized spacial score (nSPS) is 12.1. The number of hydrogen-bond acceptors (Lipinski definition) is 5. The molecule has 1 atom stereocenters. The summed E-state index contributed by atoms with van der Waals surface area (Å²) in [5.41, 5.74) is 6.21. The fraction of sp³-hybridized carbons (Fsp3) is 0.364. The molecule has 1 aromatic rings. The van der Waals surface area contributed by atoms with Gasteiger partial charge in [0.25, 0.3) is 0 Å². The first-order chi connectivity index (χ1) is 7.56. The van der Waals surface area contributed by atoms with E-state index in [2.05, 4.69) is 4.74 Å². The second-order valence-corrected chi connectivity index (χ2v) is 3.44. The zero-order valence-corrected chi connectivity index (χ0v) is 9.01. The lowest BCUT2D eigenvalue weighted by atomic mass is 10.0. The largest absolute Gasteiger partial charge is 0.504 e. The number of benzene rings is 1. The number of aromatic hydroxyl groups is 2. The van der Waals surface area contributed by atoms with Crippen molar-refractivity contribution in [3.05, 3.63) is 23.8 Å². The van der Waals surface area contributed by atoms with Crippen LogP contribution >= 0.6 is 0 Å². The number of nitrogens with two attached hydrogens (primary N) is 1. The van der Waals surface area contributed by atoms with Crippen LogP contribution in [-0.4, -0.2) is 23.3 Å². The summed E-state index contributed by atoms with van der Waals surface area (Å²) in [5.74, 6) is -0.805. The molecule has 4 N–H and O–H groups in total. The van der Waals surface area contributed by atoms with Crippen LogP contribution in [0.4, 0.5) is 0 Å².